The standard InChI is InChI=1S/C14H16BrN3O2/c15-14-11(6-8-13(19)20)16-12-7-5-10(17-18(12)14)9-3-1-2-4-9/h5,7,9H,1-4,6,8H2,(H,19,20). The van der Waals surface area contributed by atoms with E-state index in [9.17, 15) is 4.79 Å². The van der Waals surface area contributed by atoms with Crippen LogP contribution in [0.5, 0.6) is 0 Å². The Hall–Kier alpha value is -1.43. The lowest BCUT2D eigenvalue weighted by atomic mass is 10.0. The average molecular weight is 338 g/mol. The zero-order valence-corrected chi connectivity index (χ0v) is 12.6. The first kappa shape index (κ1) is 13.5. The minimum absolute atomic E-state index is 0.0813. The molecule has 0 spiro atoms. The first-order chi connectivity index (χ1) is 9.65. The van der Waals surface area contributed by atoms with E-state index >= 15 is 0 Å². The van der Waals surface area contributed by atoms with Crippen LogP contribution in [0, 0.1) is 0 Å². The van der Waals surface area contributed by atoms with Crippen molar-refractivity contribution in [2.45, 2.75) is 44.4 Å². The van der Waals surface area contributed by atoms with Gasteiger partial charge in [0.2, 0.25) is 0 Å². The number of carbonyl (C=O) groups is 1. The SMILES string of the molecule is O=C(O)CCc1nc2ccc(C3CCCC3)nn2c1Br. The second-order valence-electron chi connectivity index (χ2n) is 5.25. The smallest absolute Gasteiger partial charge is 0.303 e. The van der Waals surface area contributed by atoms with Crippen LogP contribution in [-0.4, -0.2) is 25.7 Å². The number of imidazole rings is 1. The lowest BCUT2D eigenvalue weighted by molar-refractivity contribution is -0.136. The summed E-state index contributed by atoms with van der Waals surface area (Å²) in [5.74, 6) is -0.260. The number of carboxylic acid groups (broad SMARTS) is 1. The molecule has 3 rings (SSSR count). The summed E-state index contributed by atoms with van der Waals surface area (Å²) in [6.45, 7) is 0. The third-order valence-corrected chi connectivity index (χ3v) is 4.65. The molecule has 0 aliphatic heterocycles. The van der Waals surface area contributed by atoms with E-state index in [0.29, 0.717) is 12.3 Å². The van der Waals surface area contributed by atoms with Crippen molar-refractivity contribution in [1.29, 1.82) is 0 Å². The van der Waals surface area contributed by atoms with Crippen molar-refractivity contribution in [1.82, 2.24) is 14.6 Å². The molecule has 1 fully saturated rings. The van der Waals surface area contributed by atoms with Crippen LogP contribution in [0.2, 0.25) is 0 Å². The third kappa shape index (κ3) is 2.57. The first-order valence-corrected chi connectivity index (χ1v) is 7.70. The number of aryl methyl sites for hydroxylation is 1. The molecule has 2 aromatic rings. The summed E-state index contributed by atoms with van der Waals surface area (Å²) in [7, 11) is 0. The Balaban J connectivity index is 1.92. The summed E-state index contributed by atoms with van der Waals surface area (Å²) in [6.07, 6.45) is 5.46. The first-order valence-electron chi connectivity index (χ1n) is 6.91. The highest BCUT2D eigenvalue weighted by molar-refractivity contribution is 9.10. The van der Waals surface area contributed by atoms with Crippen molar-refractivity contribution in [3.63, 3.8) is 0 Å². The maximum absolute atomic E-state index is 10.7. The van der Waals surface area contributed by atoms with Gasteiger partial charge < -0.3 is 5.11 Å². The van der Waals surface area contributed by atoms with Crippen molar-refractivity contribution in [3.05, 3.63) is 28.1 Å². The molecule has 1 aliphatic rings. The van der Waals surface area contributed by atoms with E-state index in [4.69, 9.17) is 5.11 Å². The largest absolute Gasteiger partial charge is 0.481 e. The number of halogens is 1. The Bertz CT molecular complexity index is 647. The van der Waals surface area contributed by atoms with Crippen LogP contribution in [-0.2, 0) is 11.2 Å². The Morgan fingerprint density at radius 1 is 1.40 bits per heavy atom. The van der Waals surface area contributed by atoms with Crippen LogP contribution in [0.15, 0.2) is 16.7 Å². The number of aromatic nitrogens is 3. The van der Waals surface area contributed by atoms with Gasteiger partial charge in [0, 0.05) is 12.3 Å². The Labute approximate surface area is 125 Å². The van der Waals surface area contributed by atoms with Gasteiger partial charge in [0.25, 0.3) is 0 Å². The number of rotatable bonds is 4. The van der Waals surface area contributed by atoms with Gasteiger partial charge in [-0.25, -0.2) is 9.50 Å². The average Bonchev–Trinajstić information content (AvgIpc) is 3.05. The Morgan fingerprint density at radius 3 is 2.85 bits per heavy atom. The van der Waals surface area contributed by atoms with Crippen molar-refractivity contribution in [3.8, 4) is 0 Å². The fourth-order valence-electron chi connectivity index (χ4n) is 2.79. The lowest BCUT2D eigenvalue weighted by Gasteiger charge is -2.08. The van der Waals surface area contributed by atoms with Gasteiger partial charge in [-0.1, -0.05) is 12.8 Å². The fourth-order valence-corrected chi connectivity index (χ4v) is 3.34. The maximum Gasteiger partial charge on any atom is 0.303 e. The van der Waals surface area contributed by atoms with Crippen LogP contribution in [0.1, 0.15) is 49.4 Å². The van der Waals surface area contributed by atoms with Gasteiger partial charge in [0.1, 0.15) is 4.60 Å². The normalized spacial score (nSPS) is 16.1. The van der Waals surface area contributed by atoms with Crippen LogP contribution in [0.3, 0.4) is 0 Å². The molecular weight excluding hydrogens is 322 g/mol. The molecule has 5 nitrogen and oxygen atoms in total. The molecule has 106 valence electrons. The number of nitrogens with zero attached hydrogens (tertiary/aromatic N) is 3. The summed E-state index contributed by atoms with van der Waals surface area (Å²) in [4.78, 5) is 15.1. The topological polar surface area (TPSA) is 67.5 Å². The van der Waals surface area contributed by atoms with Crippen molar-refractivity contribution in [2.75, 3.05) is 0 Å². The molecule has 6 heteroatoms. The molecule has 0 aromatic carbocycles. The second-order valence-corrected chi connectivity index (χ2v) is 6.00. The van der Waals surface area contributed by atoms with Crippen molar-refractivity contribution in [2.24, 2.45) is 0 Å². The highest BCUT2D eigenvalue weighted by Gasteiger charge is 2.20. The molecule has 0 radical (unpaired) electrons. The third-order valence-electron chi connectivity index (χ3n) is 3.86. The number of aliphatic carboxylic acids is 1. The summed E-state index contributed by atoms with van der Waals surface area (Å²) in [6, 6.07) is 4.02. The molecule has 20 heavy (non-hydrogen) atoms. The monoisotopic (exact) mass is 337 g/mol. The van der Waals surface area contributed by atoms with Gasteiger partial charge in [-0.3, -0.25) is 4.79 Å². The fraction of sp³-hybridized carbons (Fsp3) is 0.500. The summed E-state index contributed by atoms with van der Waals surface area (Å²) >= 11 is 3.49. The highest BCUT2D eigenvalue weighted by Crippen LogP contribution is 2.33. The molecule has 1 N–H and O–H groups in total. The van der Waals surface area contributed by atoms with E-state index < -0.39 is 5.97 Å². The molecule has 0 bridgehead atoms. The van der Waals surface area contributed by atoms with Gasteiger partial charge in [-0.05, 0) is 40.9 Å². The molecule has 2 aromatic heterocycles. The van der Waals surface area contributed by atoms with Gasteiger partial charge in [0.05, 0.1) is 17.8 Å². The zero-order valence-electron chi connectivity index (χ0n) is 11.0. The van der Waals surface area contributed by atoms with E-state index in [2.05, 4.69) is 26.0 Å². The number of fused-ring (bicyclic) bond motifs is 1. The van der Waals surface area contributed by atoms with Crippen LogP contribution < -0.4 is 0 Å². The van der Waals surface area contributed by atoms with Crippen LogP contribution in [0.25, 0.3) is 5.65 Å². The minimum atomic E-state index is -0.812. The molecule has 2 heterocycles. The molecule has 1 aliphatic carbocycles. The predicted octanol–water partition coefficient (Wildman–Crippen LogP) is 3.17. The molecule has 0 atom stereocenters. The Kier molecular flexibility index (Phi) is 3.74. The predicted molar refractivity (Wildman–Crippen MR) is 77.9 cm³/mol. The molecule has 0 unspecified atom stereocenters. The molecule has 0 saturated heterocycles. The van der Waals surface area contributed by atoms with Crippen molar-refractivity contribution >= 4 is 27.5 Å². The van der Waals surface area contributed by atoms with E-state index in [0.717, 1.165) is 21.6 Å². The molecule has 0 amide bonds. The number of carboxylic acids is 1. The van der Waals surface area contributed by atoms with Gasteiger partial charge in [-0.15, -0.1) is 0 Å². The minimum Gasteiger partial charge on any atom is -0.481 e. The molecule has 1 saturated carbocycles. The zero-order chi connectivity index (χ0) is 14.1. The van der Waals surface area contributed by atoms with Gasteiger partial charge >= 0.3 is 5.97 Å². The van der Waals surface area contributed by atoms with E-state index in [1.165, 1.54) is 25.7 Å². The van der Waals surface area contributed by atoms with E-state index in [1.807, 2.05) is 12.1 Å². The van der Waals surface area contributed by atoms with Gasteiger partial charge in [-0.2, -0.15) is 5.10 Å². The van der Waals surface area contributed by atoms with Crippen LogP contribution >= 0.6 is 15.9 Å². The second kappa shape index (κ2) is 5.52. The number of hydrogen-bond donors (Lipinski definition) is 1. The molecular formula is C14H16BrN3O2. The Morgan fingerprint density at radius 2 is 2.15 bits per heavy atom. The van der Waals surface area contributed by atoms with Crippen molar-refractivity contribution < 1.29 is 9.90 Å². The lowest BCUT2D eigenvalue weighted by Crippen LogP contribution is -2.02. The summed E-state index contributed by atoms with van der Waals surface area (Å²) < 4.78 is 2.55. The van der Waals surface area contributed by atoms with E-state index in [-0.39, 0.29) is 6.42 Å². The van der Waals surface area contributed by atoms with Gasteiger partial charge in [0.15, 0.2) is 5.65 Å². The maximum atomic E-state index is 10.7. The summed E-state index contributed by atoms with van der Waals surface area (Å²) in [5, 5.41) is 13.4. The quantitative estimate of drug-likeness (QED) is 0.930. The highest BCUT2D eigenvalue weighted by atomic mass is 79.9. The number of hydrogen-bond acceptors (Lipinski definition) is 3. The summed E-state index contributed by atoms with van der Waals surface area (Å²) in [5.41, 5.74) is 2.63. The van der Waals surface area contributed by atoms with E-state index in [1.54, 1.807) is 4.52 Å². The van der Waals surface area contributed by atoms with Crippen LogP contribution in [0.4, 0.5) is 0 Å².